The number of rotatable bonds is 7. The Kier molecular flexibility index (Phi) is 5.20. The number of carbonyl (C=O) groups is 1. The Morgan fingerprint density at radius 3 is 2.77 bits per heavy atom. The molecule has 5 nitrogen and oxygen atoms in total. The molecule has 118 valence electrons. The van der Waals surface area contributed by atoms with Gasteiger partial charge in [0.25, 0.3) is 0 Å². The molecular formula is C17H22N2O3. The smallest absolute Gasteiger partial charge is 0.306 e. The minimum absolute atomic E-state index is 0.00751. The molecule has 1 heterocycles. The van der Waals surface area contributed by atoms with Gasteiger partial charge in [0, 0.05) is 12.1 Å². The van der Waals surface area contributed by atoms with Crippen LogP contribution in [0.25, 0.3) is 0 Å². The first-order valence-corrected chi connectivity index (χ1v) is 7.43. The van der Waals surface area contributed by atoms with Crippen molar-refractivity contribution in [3.8, 4) is 5.75 Å². The number of carboxylic acid groups (broad SMARTS) is 1. The van der Waals surface area contributed by atoms with Crippen molar-refractivity contribution in [2.45, 2.75) is 39.5 Å². The molecule has 0 bridgehead atoms. The molecule has 2 aromatic rings. The summed E-state index contributed by atoms with van der Waals surface area (Å²) in [5.74, 6) is 0.268. The summed E-state index contributed by atoms with van der Waals surface area (Å²) in [6, 6.07) is 5.87. The second-order valence-electron chi connectivity index (χ2n) is 5.72. The minimum Gasteiger partial charge on any atom is -0.493 e. The van der Waals surface area contributed by atoms with Gasteiger partial charge in [0.2, 0.25) is 0 Å². The summed E-state index contributed by atoms with van der Waals surface area (Å²) in [6.07, 6.45) is 2.71. The number of benzene rings is 1. The number of aryl methyl sites for hydroxylation is 1. The summed E-state index contributed by atoms with van der Waals surface area (Å²) in [6.45, 7) is 6.51. The van der Waals surface area contributed by atoms with Crippen molar-refractivity contribution in [3.05, 3.63) is 46.8 Å². The maximum atomic E-state index is 10.5. The lowest BCUT2D eigenvalue weighted by molar-refractivity contribution is -0.137. The van der Waals surface area contributed by atoms with Gasteiger partial charge in [0.15, 0.2) is 0 Å². The lowest BCUT2D eigenvalue weighted by atomic mass is 9.97. The Hall–Kier alpha value is -2.30. The van der Waals surface area contributed by atoms with Gasteiger partial charge in [-0.05, 0) is 41.7 Å². The number of aromatic amines is 1. The normalized spacial score (nSPS) is 10.9. The van der Waals surface area contributed by atoms with Crippen molar-refractivity contribution < 1.29 is 14.6 Å². The average Bonchev–Trinajstić information content (AvgIpc) is 2.89. The first-order valence-electron chi connectivity index (χ1n) is 7.43. The summed E-state index contributed by atoms with van der Waals surface area (Å²) < 4.78 is 5.45. The van der Waals surface area contributed by atoms with Gasteiger partial charge in [-0.1, -0.05) is 19.9 Å². The summed E-state index contributed by atoms with van der Waals surface area (Å²) >= 11 is 0. The zero-order valence-electron chi connectivity index (χ0n) is 13.2. The average molecular weight is 302 g/mol. The summed E-state index contributed by atoms with van der Waals surface area (Å²) in [5, 5.41) is 15.8. The Morgan fingerprint density at radius 2 is 2.14 bits per heavy atom. The molecule has 0 radical (unpaired) electrons. The molecule has 1 aromatic carbocycles. The molecule has 0 saturated carbocycles. The van der Waals surface area contributed by atoms with E-state index < -0.39 is 5.97 Å². The van der Waals surface area contributed by atoms with Crippen LogP contribution in [0.3, 0.4) is 0 Å². The summed E-state index contributed by atoms with van der Waals surface area (Å²) in [7, 11) is 0. The maximum absolute atomic E-state index is 10.5. The number of aromatic nitrogens is 2. The summed E-state index contributed by atoms with van der Waals surface area (Å²) in [5.41, 5.74) is 4.72. The van der Waals surface area contributed by atoms with Crippen LogP contribution in [0.2, 0.25) is 0 Å². The highest BCUT2D eigenvalue weighted by molar-refractivity contribution is 5.66. The number of H-pyrrole nitrogens is 1. The Balaban J connectivity index is 2.06. The molecule has 0 saturated heterocycles. The molecule has 2 N–H and O–H groups in total. The van der Waals surface area contributed by atoms with Crippen LogP contribution in [0, 0.1) is 6.92 Å². The Bertz CT molecular complexity index is 647. The first-order chi connectivity index (χ1) is 10.5. The Labute approximate surface area is 130 Å². The van der Waals surface area contributed by atoms with E-state index in [-0.39, 0.29) is 13.0 Å². The molecule has 0 aliphatic heterocycles. The molecular weight excluding hydrogens is 280 g/mol. The second kappa shape index (κ2) is 7.11. The zero-order valence-corrected chi connectivity index (χ0v) is 13.2. The van der Waals surface area contributed by atoms with E-state index in [1.807, 2.05) is 31.3 Å². The highest BCUT2D eigenvalue weighted by Gasteiger charge is 2.11. The third-order valence-electron chi connectivity index (χ3n) is 3.61. The quantitative estimate of drug-likeness (QED) is 0.823. The highest BCUT2D eigenvalue weighted by Crippen LogP contribution is 2.23. The second-order valence-corrected chi connectivity index (χ2v) is 5.72. The fraction of sp³-hybridized carbons (Fsp3) is 0.412. The standard InChI is InChI=1S/C17H22N2O3/c1-11(2)17-14(10-18-19-17)9-13-4-5-15(8-12(13)3)22-7-6-16(20)21/h4-5,8,10-11H,6-7,9H2,1-3H3,(H,18,19)(H,20,21). The number of nitrogens with zero attached hydrogens (tertiary/aromatic N) is 1. The first kappa shape index (κ1) is 16.1. The topological polar surface area (TPSA) is 75.2 Å². The third kappa shape index (κ3) is 4.10. The van der Waals surface area contributed by atoms with E-state index in [0.717, 1.165) is 12.0 Å². The fourth-order valence-electron chi connectivity index (χ4n) is 2.38. The number of ether oxygens (including phenoxy) is 1. The molecule has 2 rings (SSSR count). The lowest BCUT2D eigenvalue weighted by Gasteiger charge is -2.11. The monoisotopic (exact) mass is 302 g/mol. The van der Waals surface area contributed by atoms with Gasteiger partial charge in [-0.25, -0.2) is 0 Å². The highest BCUT2D eigenvalue weighted by atomic mass is 16.5. The van der Waals surface area contributed by atoms with Gasteiger partial charge >= 0.3 is 5.97 Å². The van der Waals surface area contributed by atoms with Crippen LogP contribution in [0.1, 0.15) is 48.6 Å². The van der Waals surface area contributed by atoms with Gasteiger partial charge in [-0.3, -0.25) is 9.89 Å². The van der Waals surface area contributed by atoms with E-state index in [9.17, 15) is 4.79 Å². The number of hydrogen-bond donors (Lipinski definition) is 2. The molecule has 0 unspecified atom stereocenters. The largest absolute Gasteiger partial charge is 0.493 e. The fourth-order valence-corrected chi connectivity index (χ4v) is 2.38. The van der Waals surface area contributed by atoms with Gasteiger partial charge in [-0.15, -0.1) is 0 Å². The zero-order chi connectivity index (χ0) is 16.1. The molecule has 0 spiro atoms. The molecule has 0 fully saturated rings. The molecule has 0 aliphatic carbocycles. The predicted molar refractivity (Wildman–Crippen MR) is 84.4 cm³/mol. The predicted octanol–water partition coefficient (Wildman–Crippen LogP) is 3.29. The van der Waals surface area contributed by atoms with Crippen molar-refractivity contribution in [2.24, 2.45) is 0 Å². The minimum atomic E-state index is -0.852. The van der Waals surface area contributed by atoms with Crippen LogP contribution >= 0.6 is 0 Å². The molecule has 5 heteroatoms. The SMILES string of the molecule is Cc1cc(OCCC(=O)O)ccc1Cc1cn[nH]c1C(C)C. The van der Waals surface area contributed by atoms with Crippen LogP contribution in [0.4, 0.5) is 0 Å². The number of nitrogens with one attached hydrogen (secondary N) is 1. The van der Waals surface area contributed by atoms with Crippen molar-refractivity contribution in [3.63, 3.8) is 0 Å². The van der Waals surface area contributed by atoms with Crippen LogP contribution in [0.5, 0.6) is 5.75 Å². The molecule has 0 amide bonds. The lowest BCUT2D eigenvalue weighted by Crippen LogP contribution is -2.05. The van der Waals surface area contributed by atoms with E-state index >= 15 is 0 Å². The summed E-state index contributed by atoms with van der Waals surface area (Å²) in [4.78, 5) is 10.5. The van der Waals surface area contributed by atoms with Gasteiger partial charge in [-0.2, -0.15) is 5.10 Å². The molecule has 0 aliphatic rings. The van der Waals surface area contributed by atoms with E-state index in [0.29, 0.717) is 11.7 Å². The molecule has 1 aromatic heterocycles. The maximum Gasteiger partial charge on any atom is 0.306 e. The van der Waals surface area contributed by atoms with E-state index in [1.165, 1.54) is 16.8 Å². The van der Waals surface area contributed by atoms with Crippen LogP contribution in [-0.2, 0) is 11.2 Å². The van der Waals surface area contributed by atoms with Gasteiger partial charge in [0.05, 0.1) is 19.2 Å². The van der Waals surface area contributed by atoms with E-state index in [1.54, 1.807) is 0 Å². The van der Waals surface area contributed by atoms with Crippen LogP contribution < -0.4 is 4.74 Å². The van der Waals surface area contributed by atoms with Gasteiger partial charge in [0.1, 0.15) is 5.75 Å². The van der Waals surface area contributed by atoms with Gasteiger partial charge < -0.3 is 9.84 Å². The van der Waals surface area contributed by atoms with Crippen molar-refractivity contribution in [1.29, 1.82) is 0 Å². The van der Waals surface area contributed by atoms with E-state index in [4.69, 9.17) is 9.84 Å². The van der Waals surface area contributed by atoms with Crippen LogP contribution in [0.15, 0.2) is 24.4 Å². The molecule has 0 atom stereocenters. The number of carboxylic acids is 1. The van der Waals surface area contributed by atoms with E-state index in [2.05, 4.69) is 24.0 Å². The number of hydrogen-bond acceptors (Lipinski definition) is 3. The van der Waals surface area contributed by atoms with Crippen molar-refractivity contribution in [1.82, 2.24) is 10.2 Å². The number of aliphatic carboxylic acids is 1. The Morgan fingerprint density at radius 1 is 1.36 bits per heavy atom. The van der Waals surface area contributed by atoms with Crippen molar-refractivity contribution in [2.75, 3.05) is 6.61 Å². The van der Waals surface area contributed by atoms with Crippen LogP contribution in [-0.4, -0.2) is 27.9 Å². The molecule has 22 heavy (non-hydrogen) atoms. The third-order valence-corrected chi connectivity index (χ3v) is 3.61. The van der Waals surface area contributed by atoms with Crippen molar-refractivity contribution >= 4 is 5.97 Å².